The van der Waals surface area contributed by atoms with Crippen LogP contribution in [-0.2, 0) is 15.1 Å². The molecule has 1 aromatic carbocycles. The van der Waals surface area contributed by atoms with Gasteiger partial charge >= 0.3 is 5.97 Å². The zero-order valence-corrected chi connectivity index (χ0v) is 12.9. The summed E-state index contributed by atoms with van der Waals surface area (Å²) in [5.41, 5.74) is -0.854. The fourth-order valence-corrected chi connectivity index (χ4v) is 2.44. The molecular weight excluding hydrogens is 278 g/mol. The Labute approximate surface area is 131 Å². The third-order valence-corrected chi connectivity index (χ3v) is 3.77. The summed E-state index contributed by atoms with van der Waals surface area (Å²) in [5, 5.41) is 12.4. The molecule has 4 nitrogen and oxygen atoms in total. The standard InChI is InChI=1S/C18H23NO3/c1-4-10-14(11-5-2)16(20)19-18(6-3,17(21)22)15-12-8-7-9-13-15/h4-5,7-9,12-14H,1-2,6,10-11H2,3H3,(H,19,20)(H,21,22). The molecule has 0 aliphatic heterocycles. The van der Waals surface area contributed by atoms with Gasteiger partial charge in [-0.25, -0.2) is 4.79 Å². The van der Waals surface area contributed by atoms with Crippen LogP contribution < -0.4 is 5.32 Å². The fourth-order valence-electron chi connectivity index (χ4n) is 2.44. The Kier molecular flexibility index (Phi) is 6.57. The molecule has 0 saturated heterocycles. The number of nitrogens with one attached hydrogen (secondary N) is 1. The zero-order chi connectivity index (χ0) is 16.6. The lowest BCUT2D eigenvalue weighted by molar-refractivity contribution is -0.149. The van der Waals surface area contributed by atoms with E-state index in [1.165, 1.54) is 0 Å². The lowest BCUT2D eigenvalue weighted by atomic mass is 9.86. The summed E-state index contributed by atoms with van der Waals surface area (Å²) >= 11 is 0. The molecule has 4 heteroatoms. The van der Waals surface area contributed by atoms with E-state index in [-0.39, 0.29) is 18.2 Å². The highest BCUT2D eigenvalue weighted by atomic mass is 16.4. The van der Waals surface area contributed by atoms with Crippen molar-refractivity contribution in [3.05, 3.63) is 61.2 Å². The maximum absolute atomic E-state index is 12.5. The minimum atomic E-state index is -1.42. The number of aliphatic carboxylic acids is 1. The third kappa shape index (κ3) is 3.85. The number of hydrogen-bond donors (Lipinski definition) is 2. The highest BCUT2D eigenvalue weighted by Crippen LogP contribution is 2.26. The monoisotopic (exact) mass is 301 g/mol. The molecular formula is C18H23NO3. The van der Waals surface area contributed by atoms with Crippen LogP contribution >= 0.6 is 0 Å². The molecule has 118 valence electrons. The van der Waals surface area contributed by atoms with Crippen LogP contribution in [0, 0.1) is 5.92 Å². The van der Waals surface area contributed by atoms with Gasteiger partial charge in [-0.1, -0.05) is 49.4 Å². The molecule has 2 N–H and O–H groups in total. The van der Waals surface area contributed by atoms with Crippen molar-refractivity contribution in [3.8, 4) is 0 Å². The normalized spacial score (nSPS) is 13.2. The average molecular weight is 301 g/mol. The first-order chi connectivity index (χ1) is 10.5. The average Bonchev–Trinajstić information content (AvgIpc) is 2.52. The van der Waals surface area contributed by atoms with E-state index >= 15 is 0 Å². The summed E-state index contributed by atoms with van der Waals surface area (Å²) in [6, 6.07) is 8.77. The Hall–Kier alpha value is -2.36. The zero-order valence-electron chi connectivity index (χ0n) is 12.9. The molecule has 0 saturated carbocycles. The van der Waals surface area contributed by atoms with Crippen molar-refractivity contribution in [2.75, 3.05) is 0 Å². The van der Waals surface area contributed by atoms with Crippen LogP contribution in [0.3, 0.4) is 0 Å². The van der Waals surface area contributed by atoms with E-state index in [0.29, 0.717) is 18.4 Å². The highest BCUT2D eigenvalue weighted by Gasteiger charge is 2.41. The van der Waals surface area contributed by atoms with Crippen molar-refractivity contribution in [1.29, 1.82) is 0 Å². The van der Waals surface area contributed by atoms with Crippen LogP contribution in [0.15, 0.2) is 55.6 Å². The van der Waals surface area contributed by atoms with Gasteiger partial charge in [0.2, 0.25) is 5.91 Å². The molecule has 1 aromatic rings. The number of benzene rings is 1. The SMILES string of the molecule is C=CCC(CC=C)C(=O)NC(CC)(C(=O)O)c1ccccc1. The summed E-state index contributed by atoms with van der Waals surface area (Å²) in [6.45, 7) is 9.04. The van der Waals surface area contributed by atoms with Gasteiger partial charge in [-0.05, 0) is 24.8 Å². The van der Waals surface area contributed by atoms with E-state index in [9.17, 15) is 14.7 Å². The Morgan fingerprint density at radius 3 is 2.18 bits per heavy atom. The van der Waals surface area contributed by atoms with E-state index in [4.69, 9.17) is 0 Å². The minimum Gasteiger partial charge on any atom is -0.479 e. The van der Waals surface area contributed by atoms with Crippen LogP contribution in [0.25, 0.3) is 0 Å². The molecule has 1 rings (SSSR count). The van der Waals surface area contributed by atoms with Crippen molar-refractivity contribution in [1.82, 2.24) is 5.32 Å². The third-order valence-electron chi connectivity index (χ3n) is 3.77. The molecule has 22 heavy (non-hydrogen) atoms. The molecule has 0 radical (unpaired) electrons. The van der Waals surface area contributed by atoms with Gasteiger partial charge in [-0.2, -0.15) is 0 Å². The van der Waals surface area contributed by atoms with Crippen LogP contribution in [0.1, 0.15) is 31.7 Å². The van der Waals surface area contributed by atoms with Gasteiger partial charge in [0.05, 0.1) is 0 Å². The van der Waals surface area contributed by atoms with Gasteiger partial charge in [-0.3, -0.25) is 4.79 Å². The van der Waals surface area contributed by atoms with Crippen molar-refractivity contribution >= 4 is 11.9 Å². The van der Waals surface area contributed by atoms with E-state index < -0.39 is 11.5 Å². The van der Waals surface area contributed by atoms with Gasteiger partial charge in [0.1, 0.15) is 0 Å². The van der Waals surface area contributed by atoms with E-state index in [0.717, 1.165) is 0 Å². The predicted molar refractivity (Wildman–Crippen MR) is 87.3 cm³/mol. The molecule has 0 fully saturated rings. The Morgan fingerprint density at radius 1 is 1.23 bits per heavy atom. The molecule has 1 atom stereocenters. The first-order valence-corrected chi connectivity index (χ1v) is 7.34. The summed E-state index contributed by atoms with van der Waals surface area (Å²) in [6.07, 6.45) is 4.53. The molecule has 0 aliphatic carbocycles. The Balaban J connectivity index is 3.13. The number of amides is 1. The summed E-state index contributed by atoms with van der Waals surface area (Å²) in [5.74, 6) is -1.72. The second-order valence-corrected chi connectivity index (χ2v) is 5.16. The summed E-state index contributed by atoms with van der Waals surface area (Å²) in [4.78, 5) is 24.4. The predicted octanol–water partition coefficient (Wildman–Crippen LogP) is 3.26. The maximum atomic E-state index is 12.5. The van der Waals surface area contributed by atoms with Gasteiger partial charge < -0.3 is 10.4 Å². The molecule has 0 aliphatic rings. The lowest BCUT2D eigenvalue weighted by Crippen LogP contribution is -2.53. The quantitative estimate of drug-likeness (QED) is 0.688. The van der Waals surface area contributed by atoms with E-state index in [2.05, 4.69) is 18.5 Å². The Morgan fingerprint density at radius 2 is 1.77 bits per heavy atom. The van der Waals surface area contributed by atoms with Crippen LogP contribution in [-0.4, -0.2) is 17.0 Å². The number of carbonyl (C=O) groups is 2. The number of hydrogen-bond acceptors (Lipinski definition) is 2. The van der Waals surface area contributed by atoms with Crippen molar-refractivity contribution in [2.24, 2.45) is 5.92 Å². The van der Waals surface area contributed by atoms with Gasteiger partial charge in [0, 0.05) is 5.92 Å². The largest absolute Gasteiger partial charge is 0.479 e. The maximum Gasteiger partial charge on any atom is 0.334 e. The number of allylic oxidation sites excluding steroid dienone is 2. The van der Waals surface area contributed by atoms with Gasteiger partial charge in [0.25, 0.3) is 0 Å². The van der Waals surface area contributed by atoms with Gasteiger partial charge in [-0.15, -0.1) is 13.2 Å². The minimum absolute atomic E-state index is 0.257. The smallest absolute Gasteiger partial charge is 0.334 e. The van der Waals surface area contributed by atoms with Crippen molar-refractivity contribution < 1.29 is 14.7 Å². The first-order valence-electron chi connectivity index (χ1n) is 7.34. The molecule has 1 amide bonds. The number of carboxylic acids is 1. The number of carboxylic acid groups (broad SMARTS) is 1. The number of carbonyl (C=O) groups excluding carboxylic acids is 1. The van der Waals surface area contributed by atoms with Gasteiger partial charge in [0.15, 0.2) is 5.54 Å². The van der Waals surface area contributed by atoms with Crippen LogP contribution in [0.5, 0.6) is 0 Å². The summed E-state index contributed by atoms with van der Waals surface area (Å²) < 4.78 is 0. The molecule has 0 spiro atoms. The van der Waals surface area contributed by atoms with Crippen molar-refractivity contribution in [3.63, 3.8) is 0 Å². The number of rotatable bonds is 9. The first kappa shape index (κ1) is 17.7. The fraction of sp³-hybridized carbons (Fsp3) is 0.333. The molecule has 0 heterocycles. The van der Waals surface area contributed by atoms with E-state index in [1.807, 2.05) is 6.07 Å². The highest BCUT2D eigenvalue weighted by molar-refractivity contribution is 5.89. The van der Waals surface area contributed by atoms with Crippen LogP contribution in [0.2, 0.25) is 0 Å². The second kappa shape index (κ2) is 8.17. The van der Waals surface area contributed by atoms with E-state index in [1.54, 1.807) is 43.3 Å². The topological polar surface area (TPSA) is 66.4 Å². The van der Waals surface area contributed by atoms with Crippen LogP contribution in [0.4, 0.5) is 0 Å². The lowest BCUT2D eigenvalue weighted by Gasteiger charge is -2.31. The second-order valence-electron chi connectivity index (χ2n) is 5.16. The Bertz CT molecular complexity index is 529. The molecule has 1 unspecified atom stereocenters. The molecule has 0 bridgehead atoms. The summed E-state index contributed by atoms with van der Waals surface area (Å²) in [7, 11) is 0. The molecule has 0 aromatic heterocycles. The van der Waals surface area contributed by atoms with Crippen molar-refractivity contribution in [2.45, 2.75) is 31.7 Å².